The molecule has 0 aromatic heterocycles. The molecule has 1 N–H and O–H groups in total. The van der Waals surface area contributed by atoms with Gasteiger partial charge in [-0.15, -0.1) is 0 Å². The molecule has 0 radical (unpaired) electrons. The number of hydrogen-bond donors (Lipinski definition) is 1. The molecule has 0 aromatic carbocycles. The van der Waals surface area contributed by atoms with Crippen LogP contribution in [0, 0.1) is 5.41 Å². The van der Waals surface area contributed by atoms with Crippen LogP contribution in [-0.4, -0.2) is 22.6 Å². The van der Waals surface area contributed by atoms with E-state index in [0.717, 1.165) is 0 Å². The Morgan fingerprint density at radius 3 is 2.38 bits per heavy atom. The quantitative estimate of drug-likeness (QED) is 0.731. The maximum absolute atomic E-state index is 11.9. The minimum absolute atomic E-state index is 0.00986. The summed E-state index contributed by atoms with van der Waals surface area (Å²) >= 11 is 0. The number of Topliss-reactive ketones (excluding diaryl/α,β-unsaturated/α-hetero) is 1. The molecule has 0 saturated carbocycles. The van der Waals surface area contributed by atoms with E-state index in [9.17, 15) is 9.90 Å². The molecule has 0 saturated heterocycles. The zero-order chi connectivity index (χ0) is 12.5. The van der Waals surface area contributed by atoms with Gasteiger partial charge in [0.1, 0.15) is 5.76 Å². The van der Waals surface area contributed by atoms with Crippen LogP contribution in [0.2, 0.25) is 0 Å². The molecule has 1 aliphatic carbocycles. The van der Waals surface area contributed by atoms with E-state index in [1.165, 1.54) is 0 Å². The number of aliphatic imine (C=N–C) groups is 1. The molecule has 3 nitrogen and oxygen atoms in total. The summed E-state index contributed by atoms with van der Waals surface area (Å²) in [5, 5.41) is 9.94. The van der Waals surface area contributed by atoms with Crippen LogP contribution in [0.4, 0.5) is 0 Å². The predicted octanol–water partition coefficient (Wildman–Crippen LogP) is 3.06. The molecule has 0 aromatic rings. The van der Waals surface area contributed by atoms with Crippen molar-refractivity contribution in [1.29, 1.82) is 0 Å². The fourth-order valence-electron chi connectivity index (χ4n) is 2.15. The summed E-state index contributed by atoms with van der Waals surface area (Å²) in [5.41, 5.74) is 0.962. The number of ketones is 1. The molecule has 0 atom stereocenters. The number of carbonyl (C=O) groups is 1. The number of nitrogens with zero attached hydrogens (tertiary/aromatic N) is 1. The Labute approximate surface area is 97.3 Å². The summed E-state index contributed by atoms with van der Waals surface area (Å²) in [5.74, 6) is 0.207. The highest BCUT2D eigenvalue weighted by Crippen LogP contribution is 2.36. The topological polar surface area (TPSA) is 49.7 Å². The van der Waals surface area contributed by atoms with Crippen LogP contribution in [0.5, 0.6) is 0 Å². The number of allylic oxidation sites excluding steroid dienone is 2. The zero-order valence-electron chi connectivity index (χ0n) is 10.8. The molecule has 16 heavy (non-hydrogen) atoms. The largest absolute Gasteiger partial charge is 0.511 e. The lowest BCUT2D eigenvalue weighted by Gasteiger charge is -2.29. The minimum atomic E-state index is -0.136. The molecule has 3 heteroatoms. The first kappa shape index (κ1) is 12.9. The van der Waals surface area contributed by atoms with Gasteiger partial charge < -0.3 is 5.11 Å². The highest BCUT2D eigenvalue weighted by atomic mass is 16.3. The Morgan fingerprint density at radius 1 is 1.38 bits per heavy atom. The number of rotatable bonds is 2. The predicted molar refractivity (Wildman–Crippen MR) is 65.9 cm³/mol. The van der Waals surface area contributed by atoms with Gasteiger partial charge in [-0.2, -0.15) is 0 Å². The lowest BCUT2D eigenvalue weighted by atomic mass is 9.76. The molecule has 1 aliphatic rings. The van der Waals surface area contributed by atoms with Crippen molar-refractivity contribution in [3.05, 3.63) is 11.3 Å². The third-order valence-electron chi connectivity index (χ3n) is 2.67. The Hall–Kier alpha value is -1.12. The van der Waals surface area contributed by atoms with Crippen molar-refractivity contribution >= 4 is 11.5 Å². The molecule has 0 bridgehead atoms. The fraction of sp³-hybridized carbons (Fsp3) is 0.692. The monoisotopic (exact) mass is 223 g/mol. The summed E-state index contributed by atoms with van der Waals surface area (Å²) in [7, 11) is 0. The first-order valence-corrected chi connectivity index (χ1v) is 5.73. The first-order chi connectivity index (χ1) is 7.23. The van der Waals surface area contributed by atoms with Gasteiger partial charge in [0.15, 0.2) is 5.78 Å². The molecule has 0 spiro atoms. The summed E-state index contributed by atoms with van der Waals surface area (Å²) in [6.45, 7) is 9.69. The van der Waals surface area contributed by atoms with E-state index in [2.05, 4.69) is 4.99 Å². The lowest BCUT2D eigenvalue weighted by molar-refractivity contribution is -0.117. The van der Waals surface area contributed by atoms with E-state index in [-0.39, 0.29) is 23.0 Å². The number of aliphatic hydroxyl groups is 1. The highest BCUT2D eigenvalue weighted by Gasteiger charge is 2.33. The van der Waals surface area contributed by atoms with E-state index in [1.807, 2.05) is 27.7 Å². The normalized spacial score (nSPS) is 21.9. The number of carbonyl (C=O) groups excluding carboxylic acids is 1. The van der Waals surface area contributed by atoms with Crippen LogP contribution in [0.3, 0.4) is 0 Å². The smallest absolute Gasteiger partial charge is 0.168 e. The van der Waals surface area contributed by atoms with E-state index >= 15 is 0 Å². The Kier molecular flexibility index (Phi) is 3.56. The molecular weight excluding hydrogens is 202 g/mol. The second kappa shape index (κ2) is 4.40. The van der Waals surface area contributed by atoms with Crippen molar-refractivity contribution < 1.29 is 9.90 Å². The molecule has 90 valence electrons. The van der Waals surface area contributed by atoms with Gasteiger partial charge in [0.05, 0.1) is 5.57 Å². The Morgan fingerprint density at radius 2 is 1.94 bits per heavy atom. The van der Waals surface area contributed by atoms with E-state index < -0.39 is 0 Å². The SMILES string of the molecule is CC(=NC(C)C)C1=C(O)CC(C)(C)CC1=O. The maximum atomic E-state index is 11.9. The zero-order valence-corrected chi connectivity index (χ0v) is 10.8. The molecular formula is C13H21NO2. The van der Waals surface area contributed by atoms with Crippen molar-refractivity contribution in [2.24, 2.45) is 10.4 Å². The van der Waals surface area contributed by atoms with Gasteiger partial charge >= 0.3 is 0 Å². The van der Waals surface area contributed by atoms with Crippen molar-refractivity contribution in [3.8, 4) is 0 Å². The summed E-state index contributed by atoms with van der Waals surface area (Å²) in [4.78, 5) is 16.3. The van der Waals surface area contributed by atoms with Crippen LogP contribution >= 0.6 is 0 Å². The molecule has 0 heterocycles. The van der Waals surface area contributed by atoms with Crippen molar-refractivity contribution in [2.75, 3.05) is 0 Å². The lowest BCUT2D eigenvalue weighted by Crippen LogP contribution is -2.28. The second-order valence-corrected chi connectivity index (χ2v) is 5.57. The first-order valence-electron chi connectivity index (χ1n) is 5.73. The van der Waals surface area contributed by atoms with Crippen molar-refractivity contribution in [3.63, 3.8) is 0 Å². The van der Waals surface area contributed by atoms with E-state index in [4.69, 9.17) is 0 Å². The Balaban J connectivity index is 3.09. The van der Waals surface area contributed by atoms with Crippen molar-refractivity contribution in [1.82, 2.24) is 0 Å². The second-order valence-electron chi connectivity index (χ2n) is 5.57. The molecule has 1 rings (SSSR count). The van der Waals surface area contributed by atoms with Gasteiger partial charge in [0, 0.05) is 24.6 Å². The minimum Gasteiger partial charge on any atom is -0.511 e. The van der Waals surface area contributed by atoms with Gasteiger partial charge in [0.2, 0.25) is 0 Å². The van der Waals surface area contributed by atoms with Crippen molar-refractivity contribution in [2.45, 2.75) is 53.5 Å². The van der Waals surface area contributed by atoms with Crippen LogP contribution in [-0.2, 0) is 4.79 Å². The average molecular weight is 223 g/mol. The van der Waals surface area contributed by atoms with Crippen LogP contribution in [0.15, 0.2) is 16.3 Å². The van der Waals surface area contributed by atoms with E-state index in [1.54, 1.807) is 6.92 Å². The standard InChI is InChI=1S/C13H21NO2/c1-8(2)14-9(3)12-10(15)6-13(4,5)7-11(12)16/h8,15H,6-7H2,1-5H3. The highest BCUT2D eigenvalue weighted by molar-refractivity contribution is 6.22. The number of aliphatic hydroxyl groups excluding tert-OH is 1. The van der Waals surface area contributed by atoms with Crippen LogP contribution in [0.25, 0.3) is 0 Å². The maximum Gasteiger partial charge on any atom is 0.168 e. The fourth-order valence-corrected chi connectivity index (χ4v) is 2.15. The molecule has 0 unspecified atom stereocenters. The molecule has 0 fully saturated rings. The Bertz CT molecular complexity index is 362. The van der Waals surface area contributed by atoms with Gasteiger partial charge in [-0.05, 0) is 26.2 Å². The summed E-state index contributed by atoms with van der Waals surface area (Å²) in [6.07, 6.45) is 1.04. The summed E-state index contributed by atoms with van der Waals surface area (Å²) < 4.78 is 0. The average Bonchev–Trinajstić information content (AvgIpc) is 1.96. The summed E-state index contributed by atoms with van der Waals surface area (Å²) in [6, 6.07) is 0.142. The van der Waals surface area contributed by atoms with E-state index in [0.29, 0.717) is 24.1 Å². The van der Waals surface area contributed by atoms with Crippen LogP contribution in [0.1, 0.15) is 47.5 Å². The van der Waals surface area contributed by atoms with Gasteiger partial charge in [-0.1, -0.05) is 13.8 Å². The van der Waals surface area contributed by atoms with Gasteiger partial charge in [-0.25, -0.2) is 0 Å². The van der Waals surface area contributed by atoms with Gasteiger partial charge in [0.25, 0.3) is 0 Å². The van der Waals surface area contributed by atoms with Crippen LogP contribution < -0.4 is 0 Å². The molecule has 0 amide bonds. The number of hydrogen-bond acceptors (Lipinski definition) is 3. The van der Waals surface area contributed by atoms with Gasteiger partial charge in [-0.3, -0.25) is 9.79 Å². The third kappa shape index (κ3) is 2.94. The third-order valence-corrected chi connectivity index (χ3v) is 2.67. The molecule has 0 aliphatic heterocycles.